The van der Waals surface area contributed by atoms with Crippen LogP contribution in [0.15, 0.2) is 18.3 Å². The van der Waals surface area contributed by atoms with Crippen LogP contribution < -0.4 is 10.2 Å². The van der Waals surface area contributed by atoms with Gasteiger partial charge in [0, 0.05) is 38.2 Å². The van der Waals surface area contributed by atoms with Crippen molar-refractivity contribution in [2.24, 2.45) is 0 Å². The number of carbonyl (C=O) groups is 1. The first-order valence-electron chi connectivity index (χ1n) is 8.95. The standard InChI is InChI=1S/C17H23N3O5S/c21-16(19-14-3-10-26(22,23)12-14)13-1-2-15(18-11-13)20-6-4-17(5-7-20)24-8-9-25-17/h1-2,11,14H,3-10,12H2,(H,19,21). The molecule has 1 N–H and O–H groups in total. The first-order valence-corrected chi connectivity index (χ1v) is 10.8. The van der Waals surface area contributed by atoms with E-state index in [1.807, 2.05) is 6.07 Å². The van der Waals surface area contributed by atoms with E-state index < -0.39 is 15.6 Å². The van der Waals surface area contributed by atoms with Gasteiger partial charge < -0.3 is 19.7 Å². The molecule has 8 nitrogen and oxygen atoms in total. The number of aromatic nitrogens is 1. The number of hydrogen-bond donors (Lipinski definition) is 1. The van der Waals surface area contributed by atoms with Gasteiger partial charge in [-0.25, -0.2) is 13.4 Å². The lowest BCUT2D eigenvalue weighted by Gasteiger charge is -2.38. The highest BCUT2D eigenvalue weighted by Gasteiger charge is 2.40. The van der Waals surface area contributed by atoms with E-state index in [4.69, 9.17) is 9.47 Å². The lowest BCUT2D eigenvalue weighted by atomic mass is 10.0. The van der Waals surface area contributed by atoms with E-state index in [1.165, 1.54) is 0 Å². The Bertz CT molecular complexity index is 764. The fourth-order valence-corrected chi connectivity index (χ4v) is 5.42. The Hall–Kier alpha value is -1.71. The third-order valence-electron chi connectivity index (χ3n) is 5.24. The van der Waals surface area contributed by atoms with Crippen molar-refractivity contribution in [3.8, 4) is 0 Å². The number of anilines is 1. The number of hydrogen-bond acceptors (Lipinski definition) is 7. The van der Waals surface area contributed by atoms with Gasteiger partial charge >= 0.3 is 0 Å². The molecule has 4 heterocycles. The second-order valence-electron chi connectivity index (χ2n) is 7.07. The quantitative estimate of drug-likeness (QED) is 0.806. The van der Waals surface area contributed by atoms with Gasteiger partial charge in [0.1, 0.15) is 5.82 Å². The van der Waals surface area contributed by atoms with Crippen LogP contribution in [0.1, 0.15) is 29.6 Å². The Kier molecular flexibility index (Phi) is 4.62. The van der Waals surface area contributed by atoms with Crippen molar-refractivity contribution < 1.29 is 22.7 Å². The minimum atomic E-state index is -3.01. The fourth-order valence-electron chi connectivity index (χ4n) is 3.75. The second-order valence-corrected chi connectivity index (χ2v) is 9.30. The zero-order valence-corrected chi connectivity index (χ0v) is 15.3. The molecule has 3 aliphatic rings. The summed E-state index contributed by atoms with van der Waals surface area (Å²) in [5.74, 6) is 0.273. The summed E-state index contributed by atoms with van der Waals surface area (Å²) in [6, 6.07) is 3.25. The molecule has 3 saturated heterocycles. The van der Waals surface area contributed by atoms with E-state index in [-0.39, 0.29) is 23.5 Å². The third-order valence-corrected chi connectivity index (χ3v) is 7.01. The summed E-state index contributed by atoms with van der Waals surface area (Å²) in [6.45, 7) is 2.89. The molecule has 0 bridgehead atoms. The molecule has 1 aromatic rings. The average Bonchev–Trinajstić information content (AvgIpc) is 3.22. The van der Waals surface area contributed by atoms with Gasteiger partial charge in [-0.15, -0.1) is 0 Å². The number of nitrogens with zero attached hydrogens (tertiary/aromatic N) is 2. The van der Waals surface area contributed by atoms with E-state index in [0.29, 0.717) is 25.2 Å². The minimum absolute atomic E-state index is 0.0178. The SMILES string of the molecule is O=C(NC1CCS(=O)(=O)C1)c1ccc(N2CCC3(CC2)OCCO3)nc1. The molecule has 1 atom stereocenters. The van der Waals surface area contributed by atoms with Gasteiger partial charge in [-0.2, -0.15) is 0 Å². The molecule has 26 heavy (non-hydrogen) atoms. The summed E-state index contributed by atoms with van der Waals surface area (Å²) in [4.78, 5) is 18.8. The normalized spacial score (nSPS) is 26.9. The largest absolute Gasteiger partial charge is 0.356 e. The highest BCUT2D eigenvalue weighted by atomic mass is 32.2. The van der Waals surface area contributed by atoms with Crippen LogP contribution in [-0.4, -0.2) is 68.9 Å². The van der Waals surface area contributed by atoms with Crippen molar-refractivity contribution in [3.05, 3.63) is 23.9 Å². The fraction of sp³-hybridized carbons (Fsp3) is 0.647. The smallest absolute Gasteiger partial charge is 0.253 e. The van der Waals surface area contributed by atoms with Crippen molar-refractivity contribution in [2.45, 2.75) is 31.1 Å². The molecule has 0 radical (unpaired) electrons. The highest BCUT2D eigenvalue weighted by Crippen LogP contribution is 2.32. The van der Waals surface area contributed by atoms with E-state index in [9.17, 15) is 13.2 Å². The maximum atomic E-state index is 12.3. The summed E-state index contributed by atoms with van der Waals surface area (Å²) in [6.07, 6.45) is 3.61. The maximum absolute atomic E-state index is 12.3. The first kappa shape index (κ1) is 17.7. The van der Waals surface area contributed by atoms with Gasteiger partial charge in [0.25, 0.3) is 5.91 Å². The predicted octanol–water partition coefficient (Wildman–Crippen LogP) is 0.342. The Balaban J connectivity index is 1.34. The molecule has 3 fully saturated rings. The number of nitrogens with one attached hydrogen (secondary N) is 1. The van der Waals surface area contributed by atoms with Crippen molar-refractivity contribution in [1.29, 1.82) is 0 Å². The molecule has 1 aromatic heterocycles. The number of amides is 1. The molecule has 0 saturated carbocycles. The van der Waals surface area contributed by atoms with Crippen LogP contribution in [0.4, 0.5) is 5.82 Å². The molecule has 4 rings (SSSR count). The van der Waals surface area contributed by atoms with Gasteiger partial charge in [0.2, 0.25) is 0 Å². The van der Waals surface area contributed by atoms with Crippen molar-refractivity contribution in [1.82, 2.24) is 10.3 Å². The molecule has 0 aromatic carbocycles. The van der Waals surface area contributed by atoms with Crippen LogP contribution in [-0.2, 0) is 19.3 Å². The Morgan fingerprint density at radius 3 is 2.54 bits per heavy atom. The molecule has 1 spiro atoms. The van der Waals surface area contributed by atoms with E-state index in [2.05, 4.69) is 15.2 Å². The zero-order chi connectivity index (χ0) is 18.2. The summed E-state index contributed by atoms with van der Waals surface area (Å²) in [5.41, 5.74) is 0.439. The summed E-state index contributed by atoms with van der Waals surface area (Å²) >= 11 is 0. The summed E-state index contributed by atoms with van der Waals surface area (Å²) in [5, 5.41) is 2.78. The van der Waals surface area contributed by atoms with Crippen LogP contribution in [0.3, 0.4) is 0 Å². The second kappa shape index (κ2) is 6.79. The van der Waals surface area contributed by atoms with Gasteiger partial charge in [0.15, 0.2) is 15.6 Å². The Labute approximate surface area is 152 Å². The maximum Gasteiger partial charge on any atom is 0.253 e. The third kappa shape index (κ3) is 3.70. The average molecular weight is 381 g/mol. The zero-order valence-electron chi connectivity index (χ0n) is 14.5. The van der Waals surface area contributed by atoms with Gasteiger partial charge in [-0.3, -0.25) is 4.79 Å². The molecule has 1 amide bonds. The number of sulfone groups is 1. The number of ether oxygens (including phenoxy) is 2. The summed E-state index contributed by atoms with van der Waals surface area (Å²) < 4.78 is 34.4. The summed E-state index contributed by atoms with van der Waals surface area (Å²) in [7, 11) is -3.01. The van der Waals surface area contributed by atoms with Gasteiger partial charge in [0.05, 0.1) is 30.3 Å². The van der Waals surface area contributed by atoms with Crippen molar-refractivity contribution in [2.75, 3.05) is 42.7 Å². The molecule has 142 valence electrons. The molecular weight excluding hydrogens is 358 g/mol. The Morgan fingerprint density at radius 2 is 1.96 bits per heavy atom. The number of carbonyl (C=O) groups excluding carboxylic acids is 1. The van der Waals surface area contributed by atoms with Crippen LogP contribution >= 0.6 is 0 Å². The van der Waals surface area contributed by atoms with Crippen LogP contribution in [0, 0.1) is 0 Å². The van der Waals surface area contributed by atoms with Gasteiger partial charge in [-0.1, -0.05) is 0 Å². The number of piperidine rings is 1. The highest BCUT2D eigenvalue weighted by molar-refractivity contribution is 7.91. The van der Waals surface area contributed by atoms with Gasteiger partial charge in [-0.05, 0) is 18.6 Å². The molecule has 1 unspecified atom stereocenters. The monoisotopic (exact) mass is 381 g/mol. The van der Waals surface area contributed by atoms with Crippen LogP contribution in [0.2, 0.25) is 0 Å². The molecule has 3 aliphatic heterocycles. The molecule has 9 heteroatoms. The van der Waals surface area contributed by atoms with Crippen molar-refractivity contribution >= 4 is 21.6 Å². The predicted molar refractivity (Wildman–Crippen MR) is 94.8 cm³/mol. The lowest BCUT2D eigenvalue weighted by Crippen LogP contribution is -2.45. The topological polar surface area (TPSA) is 97.8 Å². The Morgan fingerprint density at radius 1 is 1.23 bits per heavy atom. The van der Waals surface area contributed by atoms with E-state index in [1.54, 1.807) is 12.3 Å². The van der Waals surface area contributed by atoms with Crippen LogP contribution in [0.5, 0.6) is 0 Å². The van der Waals surface area contributed by atoms with E-state index >= 15 is 0 Å². The lowest BCUT2D eigenvalue weighted by molar-refractivity contribution is -0.169. The minimum Gasteiger partial charge on any atom is -0.356 e. The number of pyridine rings is 1. The first-order chi connectivity index (χ1) is 12.4. The number of rotatable bonds is 3. The molecular formula is C17H23N3O5S. The molecule has 0 aliphatic carbocycles. The van der Waals surface area contributed by atoms with Crippen molar-refractivity contribution in [3.63, 3.8) is 0 Å². The van der Waals surface area contributed by atoms with E-state index in [0.717, 1.165) is 31.7 Å². The van der Waals surface area contributed by atoms with Crippen LogP contribution in [0.25, 0.3) is 0 Å².